The highest BCUT2D eigenvalue weighted by molar-refractivity contribution is 5.86. The van der Waals surface area contributed by atoms with Gasteiger partial charge in [-0.25, -0.2) is 4.63 Å². The van der Waals surface area contributed by atoms with E-state index in [0.717, 1.165) is 18.6 Å². The van der Waals surface area contributed by atoms with E-state index in [1.54, 1.807) is 0 Å². The molecule has 13 heavy (non-hydrogen) atoms. The van der Waals surface area contributed by atoms with E-state index in [0.29, 0.717) is 5.82 Å². The highest BCUT2D eigenvalue weighted by atomic mass is 16.6. The van der Waals surface area contributed by atoms with Gasteiger partial charge in [0.15, 0.2) is 0 Å². The summed E-state index contributed by atoms with van der Waals surface area (Å²) in [7, 11) is 0. The first-order valence-corrected chi connectivity index (χ1v) is 4.26. The van der Waals surface area contributed by atoms with Crippen LogP contribution in [0.4, 0.5) is 11.6 Å². The van der Waals surface area contributed by atoms with Gasteiger partial charge in [-0.05, 0) is 36.0 Å². The number of nitrogens with zero attached hydrogens (tertiary/aromatic N) is 3. The molecule has 0 atom stereocenters. The average molecular weight is 181 g/mol. The van der Waals surface area contributed by atoms with Gasteiger partial charge in [0.05, 0.1) is 0 Å². The maximum Gasteiger partial charge on any atom is 0.235 e. The van der Waals surface area contributed by atoms with Crippen molar-refractivity contribution >= 4 is 17.3 Å². The molecule has 1 aliphatic carbocycles. The second-order valence-electron chi connectivity index (χ2n) is 3.00. The van der Waals surface area contributed by atoms with Gasteiger partial charge in [0.1, 0.15) is 0 Å². The van der Waals surface area contributed by atoms with E-state index in [1.165, 1.54) is 12.8 Å². The van der Waals surface area contributed by atoms with Crippen LogP contribution in [0.1, 0.15) is 25.7 Å². The summed E-state index contributed by atoms with van der Waals surface area (Å²) in [5.74, 6) is 0.627. The largest absolute Gasteiger partial charge is 0.378 e. The second kappa shape index (κ2) is 3.42. The van der Waals surface area contributed by atoms with E-state index in [2.05, 4.69) is 25.5 Å². The van der Waals surface area contributed by atoms with E-state index in [-0.39, 0.29) is 5.82 Å². The monoisotopic (exact) mass is 181 g/mol. The number of hydrogen-bond acceptors (Lipinski definition) is 6. The van der Waals surface area contributed by atoms with Gasteiger partial charge in [-0.3, -0.25) is 5.43 Å². The van der Waals surface area contributed by atoms with Gasteiger partial charge in [0, 0.05) is 5.71 Å². The summed E-state index contributed by atoms with van der Waals surface area (Å²) >= 11 is 0. The standard InChI is InChI=1S/C7H11N5O/c8-6-7(12-13-11-6)10-9-5-3-1-2-4-5/h1-4H2,(H2,8,11)(H,10,12). The quantitative estimate of drug-likeness (QED) is 0.664. The number of rotatable bonds is 2. The van der Waals surface area contributed by atoms with Crippen molar-refractivity contribution in [2.75, 3.05) is 11.2 Å². The molecule has 0 saturated heterocycles. The van der Waals surface area contributed by atoms with Gasteiger partial charge in [-0.15, -0.1) is 0 Å². The molecule has 0 aliphatic heterocycles. The number of aromatic nitrogens is 2. The van der Waals surface area contributed by atoms with Gasteiger partial charge in [-0.1, -0.05) is 0 Å². The number of nitrogen functional groups attached to an aromatic ring is 1. The van der Waals surface area contributed by atoms with Gasteiger partial charge in [-0.2, -0.15) is 5.10 Å². The summed E-state index contributed by atoms with van der Waals surface area (Å²) in [6.45, 7) is 0. The lowest BCUT2D eigenvalue weighted by Gasteiger charge is -1.95. The van der Waals surface area contributed by atoms with E-state index in [4.69, 9.17) is 5.73 Å². The summed E-state index contributed by atoms with van der Waals surface area (Å²) in [6, 6.07) is 0. The SMILES string of the molecule is Nc1nonc1NN=C1CCCC1. The third-order valence-corrected chi connectivity index (χ3v) is 2.01. The molecule has 0 spiro atoms. The van der Waals surface area contributed by atoms with Gasteiger partial charge >= 0.3 is 0 Å². The van der Waals surface area contributed by atoms with Crippen LogP contribution < -0.4 is 11.2 Å². The Balaban J connectivity index is 1.99. The fourth-order valence-electron chi connectivity index (χ4n) is 1.30. The molecule has 1 aliphatic rings. The minimum Gasteiger partial charge on any atom is -0.378 e. The molecule has 2 rings (SSSR count). The van der Waals surface area contributed by atoms with Crippen LogP contribution in [-0.2, 0) is 0 Å². The molecule has 0 bridgehead atoms. The molecule has 1 aromatic heterocycles. The Morgan fingerprint density at radius 2 is 2.08 bits per heavy atom. The number of nitrogens with one attached hydrogen (secondary N) is 1. The number of nitrogens with two attached hydrogens (primary N) is 1. The van der Waals surface area contributed by atoms with Crippen molar-refractivity contribution in [1.29, 1.82) is 0 Å². The first kappa shape index (κ1) is 8.03. The predicted octanol–water partition coefficient (Wildman–Crippen LogP) is 0.994. The second-order valence-corrected chi connectivity index (χ2v) is 3.00. The van der Waals surface area contributed by atoms with E-state index >= 15 is 0 Å². The fourth-order valence-corrected chi connectivity index (χ4v) is 1.30. The van der Waals surface area contributed by atoms with Crippen LogP contribution in [-0.4, -0.2) is 16.0 Å². The van der Waals surface area contributed by atoms with E-state index < -0.39 is 0 Å². The molecule has 1 heterocycles. The summed E-state index contributed by atoms with van der Waals surface area (Å²) in [4.78, 5) is 0. The third kappa shape index (κ3) is 1.77. The van der Waals surface area contributed by atoms with Crippen molar-refractivity contribution < 1.29 is 4.63 Å². The van der Waals surface area contributed by atoms with Crippen molar-refractivity contribution in [3.63, 3.8) is 0 Å². The Kier molecular flexibility index (Phi) is 2.11. The Bertz CT molecular complexity index is 310. The van der Waals surface area contributed by atoms with Crippen LogP contribution in [0.5, 0.6) is 0 Å². The van der Waals surface area contributed by atoms with Crippen molar-refractivity contribution in [2.24, 2.45) is 5.10 Å². The molecule has 3 N–H and O–H groups in total. The lowest BCUT2D eigenvalue weighted by atomic mass is 10.3. The molecule has 1 fully saturated rings. The molecule has 6 nitrogen and oxygen atoms in total. The molecule has 0 radical (unpaired) electrons. The minimum absolute atomic E-state index is 0.238. The van der Waals surface area contributed by atoms with Crippen molar-refractivity contribution in [3.05, 3.63) is 0 Å². The lowest BCUT2D eigenvalue weighted by molar-refractivity contribution is 0.310. The molecular formula is C7H11N5O. The predicted molar refractivity (Wildman–Crippen MR) is 48.2 cm³/mol. The van der Waals surface area contributed by atoms with Crippen LogP contribution in [0.25, 0.3) is 0 Å². The number of hydrazone groups is 1. The molecule has 1 saturated carbocycles. The van der Waals surface area contributed by atoms with Crippen molar-refractivity contribution in [2.45, 2.75) is 25.7 Å². The normalized spacial score (nSPS) is 16.2. The van der Waals surface area contributed by atoms with E-state index in [9.17, 15) is 0 Å². The zero-order valence-corrected chi connectivity index (χ0v) is 7.16. The maximum atomic E-state index is 5.43. The Hall–Kier alpha value is -1.59. The summed E-state index contributed by atoms with van der Waals surface area (Å²) in [5, 5.41) is 11.1. The summed E-state index contributed by atoms with van der Waals surface area (Å²) in [6.07, 6.45) is 4.54. The molecule has 1 aromatic rings. The molecular weight excluding hydrogens is 170 g/mol. The van der Waals surface area contributed by atoms with Gasteiger partial charge < -0.3 is 5.73 Å². The zero-order valence-electron chi connectivity index (χ0n) is 7.16. The highest BCUT2D eigenvalue weighted by Crippen LogP contribution is 2.16. The first-order chi connectivity index (χ1) is 6.36. The molecule has 0 aromatic carbocycles. The smallest absolute Gasteiger partial charge is 0.235 e. The summed E-state index contributed by atoms with van der Waals surface area (Å²) < 4.78 is 4.40. The molecule has 0 amide bonds. The third-order valence-electron chi connectivity index (χ3n) is 2.01. The van der Waals surface area contributed by atoms with Crippen molar-refractivity contribution in [3.8, 4) is 0 Å². The molecule has 6 heteroatoms. The highest BCUT2D eigenvalue weighted by Gasteiger charge is 2.09. The average Bonchev–Trinajstić information content (AvgIpc) is 2.72. The van der Waals surface area contributed by atoms with Crippen LogP contribution in [0, 0.1) is 0 Å². The first-order valence-electron chi connectivity index (χ1n) is 4.26. The molecule has 70 valence electrons. The van der Waals surface area contributed by atoms with Crippen LogP contribution in [0.2, 0.25) is 0 Å². The number of hydrogen-bond donors (Lipinski definition) is 2. The zero-order chi connectivity index (χ0) is 9.10. The van der Waals surface area contributed by atoms with Gasteiger partial charge in [0.2, 0.25) is 11.6 Å². The van der Waals surface area contributed by atoms with E-state index in [1.807, 2.05) is 0 Å². The fraction of sp³-hybridized carbons (Fsp3) is 0.571. The maximum absolute atomic E-state index is 5.43. The summed E-state index contributed by atoms with van der Waals surface area (Å²) in [5.41, 5.74) is 9.31. The Labute approximate surface area is 75.1 Å². The molecule has 0 unspecified atom stereocenters. The van der Waals surface area contributed by atoms with Crippen LogP contribution in [0.3, 0.4) is 0 Å². The lowest BCUT2D eigenvalue weighted by Crippen LogP contribution is -1.99. The van der Waals surface area contributed by atoms with Crippen molar-refractivity contribution in [1.82, 2.24) is 10.3 Å². The van der Waals surface area contributed by atoms with Gasteiger partial charge in [0.25, 0.3) is 0 Å². The Morgan fingerprint density at radius 1 is 1.31 bits per heavy atom. The minimum atomic E-state index is 0.238. The van der Waals surface area contributed by atoms with Crippen LogP contribution >= 0.6 is 0 Å². The topological polar surface area (TPSA) is 89.3 Å². The van der Waals surface area contributed by atoms with Crippen LogP contribution in [0.15, 0.2) is 9.73 Å². The number of anilines is 2. The Morgan fingerprint density at radius 3 is 2.69 bits per heavy atom.